The number of ether oxygens (including phenoxy) is 2. The zero-order chi connectivity index (χ0) is 14.5. The van der Waals surface area contributed by atoms with Crippen LogP contribution in [0.1, 0.15) is 5.56 Å². The van der Waals surface area contributed by atoms with Gasteiger partial charge in [0.15, 0.2) is 0 Å². The highest BCUT2D eigenvalue weighted by Crippen LogP contribution is 2.25. The van der Waals surface area contributed by atoms with E-state index in [-0.39, 0.29) is 6.10 Å². The van der Waals surface area contributed by atoms with Gasteiger partial charge in [-0.25, -0.2) is 0 Å². The first-order valence-electron chi connectivity index (χ1n) is 6.94. The number of nitrogens with zero attached hydrogens (tertiary/aromatic N) is 1. The lowest BCUT2D eigenvalue weighted by atomic mass is 10.00. The molecule has 1 aromatic carbocycles. The van der Waals surface area contributed by atoms with Crippen molar-refractivity contribution in [1.29, 1.82) is 0 Å². The molecule has 1 N–H and O–H groups in total. The largest absolute Gasteiger partial charge is 0.497 e. The molecule has 2 rings (SSSR count). The molecule has 1 saturated heterocycles. The van der Waals surface area contributed by atoms with Crippen LogP contribution in [-0.2, 0) is 11.2 Å². The van der Waals surface area contributed by atoms with Gasteiger partial charge in [0.1, 0.15) is 5.75 Å². The van der Waals surface area contributed by atoms with Crippen LogP contribution in [-0.4, -0.2) is 57.9 Å². The summed E-state index contributed by atoms with van der Waals surface area (Å²) < 4.78 is 12.3. The molecule has 0 radical (unpaired) electrons. The lowest BCUT2D eigenvalue weighted by Crippen LogP contribution is -2.51. The Labute approximate surface area is 129 Å². The number of rotatable bonds is 5. The number of halogens is 1. The molecular weight excluding hydrogens is 320 g/mol. The Bertz CT molecular complexity index is 442. The number of likely N-dealkylation sites (N-methyl/N-ethyl adjacent to an activating group) is 2. The Balaban J connectivity index is 2.09. The quantitative estimate of drug-likeness (QED) is 0.886. The molecule has 0 saturated carbocycles. The van der Waals surface area contributed by atoms with Crippen molar-refractivity contribution in [2.75, 3.05) is 40.9 Å². The molecule has 0 aromatic heterocycles. The van der Waals surface area contributed by atoms with Crippen molar-refractivity contribution in [2.45, 2.75) is 18.6 Å². The van der Waals surface area contributed by atoms with E-state index in [1.54, 1.807) is 7.11 Å². The number of morpholine rings is 1. The molecule has 1 fully saturated rings. The summed E-state index contributed by atoms with van der Waals surface area (Å²) in [5.41, 5.74) is 1.24. The van der Waals surface area contributed by atoms with E-state index >= 15 is 0 Å². The average Bonchev–Trinajstić information content (AvgIpc) is 2.46. The van der Waals surface area contributed by atoms with Gasteiger partial charge in [-0.2, -0.15) is 0 Å². The van der Waals surface area contributed by atoms with Crippen LogP contribution in [0, 0.1) is 0 Å². The summed E-state index contributed by atoms with van der Waals surface area (Å²) in [5, 5.41) is 3.39. The summed E-state index contributed by atoms with van der Waals surface area (Å²) in [7, 11) is 5.84. The van der Waals surface area contributed by atoms with Crippen LogP contribution in [0.25, 0.3) is 0 Å². The van der Waals surface area contributed by atoms with E-state index < -0.39 is 0 Å². The molecule has 0 amide bonds. The number of hydrogen-bond donors (Lipinski definition) is 1. The number of nitrogens with one attached hydrogen (secondary N) is 1. The van der Waals surface area contributed by atoms with Crippen LogP contribution < -0.4 is 10.1 Å². The summed E-state index contributed by atoms with van der Waals surface area (Å²) >= 11 is 3.62. The third-order valence-corrected chi connectivity index (χ3v) is 4.58. The summed E-state index contributed by atoms with van der Waals surface area (Å²) in [6.45, 7) is 2.78. The van der Waals surface area contributed by atoms with Crippen LogP contribution in [0.4, 0.5) is 0 Å². The molecule has 2 atom stereocenters. The highest BCUT2D eigenvalue weighted by molar-refractivity contribution is 9.10. The predicted octanol–water partition coefficient (Wildman–Crippen LogP) is 1.92. The maximum atomic E-state index is 5.92. The molecule has 0 aliphatic carbocycles. The Hall–Kier alpha value is -0.620. The standard InChI is InChI=1S/C15H23BrN2O2/c1-17-14(15-10-18(2)6-7-20-15)9-11-8-12(19-3)4-5-13(11)16/h4-5,8,14-15,17H,6-7,9-10H2,1-3H3. The molecular formula is C15H23BrN2O2. The van der Waals surface area contributed by atoms with Crippen molar-refractivity contribution in [2.24, 2.45) is 0 Å². The zero-order valence-electron chi connectivity index (χ0n) is 12.4. The monoisotopic (exact) mass is 342 g/mol. The molecule has 1 heterocycles. The van der Waals surface area contributed by atoms with Crippen molar-refractivity contribution in [3.8, 4) is 5.75 Å². The maximum Gasteiger partial charge on any atom is 0.119 e. The van der Waals surface area contributed by atoms with Gasteiger partial charge in [0.2, 0.25) is 0 Å². The second kappa shape index (κ2) is 7.41. The van der Waals surface area contributed by atoms with Gasteiger partial charge in [-0.3, -0.25) is 0 Å². The van der Waals surface area contributed by atoms with E-state index in [2.05, 4.69) is 39.3 Å². The minimum atomic E-state index is 0.219. The summed E-state index contributed by atoms with van der Waals surface area (Å²) in [6, 6.07) is 6.38. The van der Waals surface area contributed by atoms with Crippen LogP contribution in [0.3, 0.4) is 0 Å². The first kappa shape index (κ1) is 15.8. The lowest BCUT2D eigenvalue weighted by molar-refractivity contribution is -0.0372. The van der Waals surface area contributed by atoms with Crippen molar-refractivity contribution >= 4 is 15.9 Å². The number of benzene rings is 1. The van der Waals surface area contributed by atoms with E-state index in [1.807, 2.05) is 19.2 Å². The van der Waals surface area contributed by atoms with E-state index in [0.717, 1.165) is 36.3 Å². The van der Waals surface area contributed by atoms with E-state index in [9.17, 15) is 0 Å². The normalized spacial score (nSPS) is 21.7. The van der Waals surface area contributed by atoms with Crippen molar-refractivity contribution in [3.63, 3.8) is 0 Å². The first-order valence-corrected chi connectivity index (χ1v) is 7.73. The fourth-order valence-corrected chi connectivity index (χ4v) is 2.95. The molecule has 20 heavy (non-hydrogen) atoms. The van der Waals surface area contributed by atoms with Crippen LogP contribution in [0.5, 0.6) is 5.75 Å². The predicted molar refractivity (Wildman–Crippen MR) is 84.5 cm³/mol. The van der Waals surface area contributed by atoms with Crippen molar-refractivity contribution in [3.05, 3.63) is 28.2 Å². The van der Waals surface area contributed by atoms with Crippen molar-refractivity contribution < 1.29 is 9.47 Å². The van der Waals surface area contributed by atoms with E-state index in [4.69, 9.17) is 9.47 Å². The van der Waals surface area contributed by atoms with Crippen LogP contribution in [0.2, 0.25) is 0 Å². The third-order valence-electron chi connectivity index (χ3n) is 3.81. The fraction of sp³-hybridized carbons (Fsp3) is 0.600. The van der Waals surface area contributed by atoms with Gasteiger partial charge < -0.3 is 19.7 Å². The zero-order valence-corrected chi connectivity index (χ0v) is 13.9. The summed E-state index contributed by atoms with van der Waals surface area (Å²) in [5.74, 6) is 0.889. The van der Waals surface area contributed by atoms with Gasteiger partial charge >= 0.3 is 0 Å². The smallest absolute Gasteiger partial charge is 0.119 e. The molecule has 4 nitrogen and oxygen atoms in total. The third kappa shape index (κ3) is 3.95. The first-order chi connectivity index (χ1) is 9.63. The fourth-order valence-electron chi connectivity index (χ4n) is 2.55. The molecule has 1 aromatic rings. The second-order valence-electron chi connectivity index (χ2n) is 5.23. The maximum absolute atomic E-state index is 5.92. The average molecular weight is 343 g/mol. The van der Waals surface area contributed by atoms with Crippen molar-refractivity contribution in [1.82, 2.24) is 10.2 Å². The molecule has 1 aliphatic rings. The Morgan fingerprint density at radius 1 is 1.55 bits per heavy atom. The SMILES string of the molecule is CNC(Cc1cc(OC)ccc1Br)C1CN(C)CCO1. The van der Waals surface area contributed by atoms with Gasteiger partial charge in [-0.05, 0) is 44.3 Å². The topological polar surface area (TPSA) is 33.7 Å². The summed E-state index contributed by atoms with van der Waals surface area (Å²) in [4.78, 5) is 2.32. The summed E-state index contributed by atoms with van der Waals surface area (Å²) in [6.07, 6.45) is 1.13. The van der Waals surface area contributed by atoms with Gasteiger partial charge in [0, 0.05) is 23.6 Å². The van der Waals surface area contributed by atoms with Gasteiger partial charge in [-0.1, -0.05) is 15.9 Å². The van der Waals surface area contributed by atoms with E-state index in [0.29, 0.717) is 6.04 Å². The Morgan fingerprint density at radius 3 is 3.00 bits per heavy atom. The number of methoxy groups -OCH3 is 1. The lowest BCUT2D eigenvalue weighted by Gasteiger charge is -2.35. The van der Waals surface area contributed by atoms with Gasteiger partial charge in [-0.15, -0.1) is 0 Å². The Kier molecular flexibility index (Phi) is 5.84. The minimum absolute atomic E-state index is 0.219. The molecule has 1 aliphatic heterocycles. The number of hydrogen-bond acceptors (Lipinski definition) is 4. The van der Waals surface area contributed by atoms with Gasteiger partial charge in [0.25, 0.3) is 0 Å². The van der Waals surface area contributed by atoms with Crippen LogP contribution >= 0.6 is 15.9 Å². The van der Waals surface area contributed by atoms with Crippen LogP contribution in [0.15, 0.2) is 22.7 Å². The highest BCUT2D eigenvalue weighted by atomic mass is 79.9. The van der Waals surface area contributed by atoms with Gasteiger partial charge in [0.05, 0.1) is 19.8 Å². The highest BCUT2D eigenvalue weighted by Gasteiger charge is 2.26. The van der Waals surface area contributed by atoms with E-state index in [1.165, 1.54) is 5.56 Å². The second-order valence-corrected chi connectivity index (χ2v) is 6.08. The molecule has 2 unspecified atom stereocenters. The minimum Gasteiger partial charge on any atom is -0.497 e. The molecule has 0 bridgehead atoms. The molecule has 5 heteroatoms. The molecule has 0 spiro atoms. The molecule has 112 valence electrons. The Morgan fingerprint density at radius 2 is 2.35 bits per heavy atom.